The van der Waals surface area contributed by atoms with E-state index in [0.29, 0.717) is 24.5 Å². The molecule has 0 bridgehead atoms. The lowest BCUT2D eigenvalue weighted by Gasteiger charge is -2.09. The summed E-state index contributed by atoms with van der Waals surface area (Å²) >= 11 is 0. The van der Waals surface area contributed by atoms with Crippen LogP contribution >= 0.6 is 0 Å². The number of carbonyl (C=O) groups excluding carboxylic acids is 2. The molecular weight excluding hydrogens is 317 g/mol. The average molecular weight is 335 g/mol. The second-order valence-corrected chi connectivity index (χ2v) is 4.94. The summed E-state index contributed by atoms with van der Waals surface area (Å²) in [6, 6.07) is 3.37. The van der Waals surface area contributed by atoms with Crippen molar-refractivity contribution in [1.29, 1.82) is 0 Å². The molecule has 2 aromatic rings. The number of hydrogen-bond donors (Lipinski definition) is 3. The number of hydrogen-bond acceptors (Lipinski definition) is 4. The Labute approximate surface area is 138 Å². The van der Waals surface area contributed by atoms with E-state index in [9.17, 15) is 14.0 Å². The van der Waals surface area contributed by atoms with E-state index in [1.54, 1.807) is 18.0 Å². The second-order valence-electron chi connectivity index (χ2n) is 4.94. The Kier molecular flexibility index (Phi) is 5.85. The van der Waals surface area contributed by atoms with Gasteiger partial charge in [0.05, 0.1) is 30.7 Å². The lowest BCUT2D eigenvalue weighted by Crippen LogP contribution is -2.19. The third-order valence-corrected chi connectivity index (χ3v) is 2.95. The topological polar surface area (TPSA) is 97.3 Å². The van der Waals surface area contributed by atoms with Gasteiger partial charge >= 0.3 is 6.03 Å². The zero-order chi connectivity index (χ0) is 17.5. The van der Waals surface area contributed by atoms with Gasteiger partial charge in [0, 0.05) is 25.9 Å². The standard InChI is InChI=1S/C15H18FN5O3/c1-10(22)18-14-7-11(3-4-13(14)16)19-15(23)20-12-8-17-21(9-12)5-6-24-2/h3-4,7-9H,5-6H2,1-2H3,(H,18,22)(H2,19,20,23). The van der Waals surface area contributed by atoms with E-state index >= 15 is 0 Å². The Balaban J connectivity index is 1.96. The largest absolute Gasteiger partial charge is 0.383 e. The van der Waals surface area contributed by atoms with Gasteiger partial charge in [-0.25, -0.2) is 9.18 Å². The molecule has 1 aromatic heterocycles. The number of nitrogens with zero attached hydrogens (tertiary/aromatic N) is 2. The maximum absolute atomic E-state index is 13.6. The molecule has 3 N–H and O–H groups in total. The number of anilines is 3. The van der Waals surface area contributed by atoms with Crippen molar-refractivity contribution in [1.82, 2.24) is 9.78 Å². The number of benzene rings is 1. The molecule has 0 fully saturated rings. The number of aromatic nitrogens is 2. The molecule has 0 saturated carbocycles. The van der Waals surface area contributed by atoms with E-state index in [2.05, 4.69) is 21.0 Å². The van der Waals surface area contributed by atoms with Crippen LogP contribution in [0.25, 0.3) is 0 Å². The molecule has 0 radical (unpaired) electrons. The quantitative estimate of drug-likeness (QED) is 0.754. The maximum Gasteiger partial charge on any atom is 0.323 e. The Bertz CT molecular complexity index is 732. The maximum atomic E-state index is 13.6. The van der Waals surface area contributed by atoms with Gasteiger partial charge in [0.1, 0.15) is 5.82 Å². The van der Waals surface area contributed by atoms with Crippen LogP contribution < -0.4 is 16.0 Å². The van der Waals surface area contributed by atoms with Crippen molar-refractivity contribution in [3.05, 3.63) is 36.4 Å². The first-order valence-corrected chi connectivity index (χ1v) is 7.14. The number of halogens is 1. The zero-order valence-corrected chi connectivity index (χ0v) is 13.3. The van der Waals surface area contributed by atoms with E-state index in [0.717, 1.165) is 6.07 Å². The summed E-state index contributed by atoms with van der Waals surface area (Å²) in [5, 5.41) is 11.6. The van der Waals surface area contributed by atoms with Crippen molar-refractivity contribution in [2.24, 2.45) is 0 Å². The summed E-state index contributed by atoms with van der Waals surface area (Å²) in [5.41, 5.74) is 0.838. The fourth-order valence-electron chi connectivity index (χ4n) is 1.92. The van der Waals surface area contributed by atoms with Crippen LogP contribution in [0.2, 0.25) is 0 Å². The number of amides is 3. The van der Waals surface area contributed by atoms with Crippen LogP contribution in [0.15, 0.2) is 30.6 Å². The number of methoxy groups -OCH3 is 1. The van der Waals surface area contributed by atoms with Gasteiger partial charge in [-0.2, -0.15) is 5.10 Å². The molecule has 0 spiro atoms. The minimum Gasteiger partial charge on any atom is -0.383 e. The summed E-state index contributed by atoms with van der Waals surface area (Å²) in [5.74, 6) is -0.991. The summed E-state index contributed by atoms with van der Waals surface area (Å²) in [6.45, 7) is 2.35. The molecule has 128 valence electrons. The zero-order valence-electron chi connectivity index (χ0n) is 13.3. The molecule has 3 amide bonds. The minimum atomic E-state index is -0.587. The third-order valence-electron chi connectivity index (χ3n) is 2.95. The van der Waals surface area contributed by atoms with Crippen LogP contribution in [0.1, 0.15) is 6.92 Å². The van der Waals surface area contributed by atoms with Gasteiger partial charge in [0.15, 0.2) is 0 Å². The minimum absolute atomic E-state index is 0.00677. The van der Waals surface area contributed by atoms with E-state index in [-0.39, 0.29) is 5.69 Å². The number of urea groups is 1. The first-order valence-electron chi connectivity index (χ1n) is 7.14. The Hall–Kier alpha value is -2.94. The molecular formula is C15H18FN5O3. The molecule has 9 heteroatoms. The molecule has 8 nitrogen and oxygen atoms in total. The highest BCUT2D eigenvalue weighted by Crippen LogP contribution is 2.20. The SMILES string of the molecule is COCCn1cc(NC(=O)Nc2ccc(F)c(NC(C)=O)c2)cn1. The van der Waals surface area contributed by atoms with Crippen LogP contribution in [0.4, 0.5) is 26.2 Å². The van der Waals surface area contributed by atoms with Gasteiger partial charge < -0.3 is 20.7 Å². The van der Waals surface area contributed by atoms with Gasteiger partial charge in [-0.05, 0) is 18.2 Å². The average Bonchev–Trinajstić information content (AvgIpc) is 2.95. The highest BCUT2D eigenvalue weighted by Gasteiger charge is 2.09. The number of carbonyl (C=O) groups is 2. The number of nitrogens with one attached hydrogen (secondary N) is 3. The first kappa shape index (κ1) is 17.4. The summed E-state index contributed by atoms with van der Waals surface area (Å²) in [6.07, 6.45) is 3.16. The van der Waals surface area contributed by atoms with Gasteiger partial charge in [0.25, 0.3) is 0 Å². The molecule has 1 heterocycles. The Morgan fingerprint density at radius 1 is 1.25 bits per heavy atom. The molecule has 1 aromatic carbocycles. The lowest BCUT2D eigenvalue weighted by molar-refractivity contribution is -0.114. The molecule has 0 aliphatic carbocycles. The fraction of sp³-hybridized carbons (Fsp3) is 0.267. The first-order chi connectivity index (χ1) is 11.5. The highest BCUT2D eigenvalue weighted by molar-refractivity contribution is 6.00. The van der Waals surface area contributed by atoms with Crippen LogP contribution in [0.5, 0.6) is 0 Å². The Morgan fingerprint density at radius 2 is 2.00 bits per heavy atom. The molecule has 0 saturated heterocycles. The predicted octanol–water partition coefficient (Wildman–Crippen LogP) is 2.27. The van der Waals surface area contributed by atoms with Gasteiger partial charge in [0.2, 0.25) is 5.91 Å². The predicted molar refractivity (Wildman–Crippen MR) is 87.4 cm³/mol. The van der Waals surface area contributed by atoms with Crippen molar-refractivity contribution in [2.75, 3.05) is 29.7 Å². The molecule has 24 heavy (non-hydrogen) atoms. The molecule has 0 atom stereocenters. The number of ether oxygens (including phenoxy) is 1. The van der Waals surface area contributed by atoms with E-state index in [1.165, 1.54) is 25.3 Å². The summed E-state index contributed by atoms with van der Waals surface area (Å²) < 4.78 is 20.1. The molecule has 2 rings (SSSR count). The summed E-state index contributed by atoms with van der Waals surface area (Å²) in [4.78, 5) is 23.0. The molecule has 0 unspecified atom stereocenters. The monoisotopic (exact) mass is 335 g/mol. The Morgan fingerprint density at radius 3 is 2.71 bits per heavy atom. The summed E-state index contributed by atoms with van der Waals surface area (Å²) in [7, 11) is 1.59. The number of rotatable bonds is 6. The van der Waals surface area contributed by atoms with Gasteiger partial charge in [-0.1, -0.05) is 0 Å². The van der Waals surface area contributed by atoms with Crippen molar-refractivity contribution < 1.29 is 18.7 Å². The molecule has 0 aliphatic heterocycles. The third kappa shape index (κ3) is 5.06. The van der Waals surface area contributed by atoms with Crippen molar-refractivity contribution in [3.8, 4) is 0 Å². The molecule has 0 aliphatic rings. The van der Waals surface area contributed by atoms with Crippen LogP contribution in [-0.4, -0.2) is 35.4 Å². The van der Waals surface area contributed by atoms with Crippen molar-refractivity contribution in [3.63, 3.8) is 0 Å². The van der Waals surface area contributed by atoms with Crippen LogP contribution in [0, 0.1) is 5.82 Å². The fourth-order valence-corrected chi connectivity index (χ4v) is 1.92. The van der Waals surface area contributed by atoms with Crippen molar-refractivity contribution >= 4 is 29.0 Å². The normalized spacial score (nSPS) is 10.3. The van der Waals surface area contributed by atoms with Crippen molar-refractivity contribution in [2.45, 2.75) is 13.5 Å². The second kappa shape index (κ2) is 8.06. The van der Waals surface area contributed by atoms with Crippen LogP contribution in [-0.2, 0) is 16.1 Å². The van der Waals surface area contributed by atoms with E-state index < -0.39 is 17.8 Å². The van der Waals surface area contributed by atoms with E-state index in [4.69, 9.17) is 4.74 Å². The lowest BCUT2D eigenvalue weighted by atomic mass is 10.2. The smallest absolute Gasteiger partial charge is 0.323 e. The van der Waals surface area contributed by atoms with E-state index in [1.807, 2.05) is 0 Å². The highest BCUT2D eigenvalue weighted by atomic mass is 19.1. The van der Waals surface area contributed by atoms with Crippen LogP contribution in [0.3, 0.4) is 0 Å². The van der Waals surface area contributed by atoms with Gasteiger partial charge in [-0.3, -0.25) is 9.48 Å². The van der Waals surface area contributed by atoms with Gasteiger partial charge in [-0.15, -0.1) is 0 Å².